The molecule has 0 amide bonds. The zero-order valence-electron chi connectivity index (χ0n) is 10.5. The first-order valence-corrected chi connectivity index (χ1v) is 6.50. The van der Waals surface area contributed by atoms with E-state index in [0.717, 1.165) is 17.1 Å². The van der Waals surface area contributed by atoms with Gasteiger partial charge in [0.2, 0.25) is 0 Å². The summed E-state index contributed by atoms with van der Waals surface area (Å²) in [5, 5.41) is 4.08. The van der Waals surface area contributed by atoms with E-state index in [1.165, 1.54) is 0 Å². The van der Waals surface area contributed by atoms with Gasteiger partial charge in [0.25, 0.3) is 0 Å². The Morgan fingerprint density at radius 2 is 2.26 bits per heavy atom. The summed E-state index contributed by atoms with van der Waals surface area (Å²) < 4.78 is 7.28. The van der Waals surface area contributed by atoms with Gasteiger partial charge in [-0.15, -0.1) is 0 Å². The molecule has 5 heteroatoms. The molecule has 0 aliphatic heterocycles. The first-order chi connectivity index (χ1) is 9.22. The standard InChI is InChI=1S/C14H14ClN3O/c1-10(13-3-2-6-19-13)16-7-12-9-18-8-11(15)4-5-14(18)17-12/h2-6,8-10,16H,7H2,1H3/t10-/m1/s1. The molecule has 0 saturated carbocycles. The number of aromatic nitrogens is 2. The number of rotatable bonds is 4. The molecule has 3 aromatic rings. The van der Waals surface area contributed by atoms with E-state index >= 15 is 0 Å². The highest BCUT2D eigenvalue weighted by Gasteiger charge is 2.08. The molecular weight excluding hydrogens is 262 g/mol. The largest absolute Gasteiger partial charge is 0.468 e. The minimum absolute atomic E-state index is 0.156. The van der Waals surface area contributed by atoms with Gasteiger partial charge in [-0.25, -0.2) is 4.98 Å². The van der Waals surface area contributed by atoms with Crippen molar-refractivity contribution < 1.29 is 4.42 Å². The van der Waals surface area contributed by atoms with Crippen molar-refractivity contribution in [3.8, 4) is 0 Å². The molecule has 0 aromatic carbocycles. The van der Waals surface area contributed by atoms with Crippen molar-refractivity contribution in [1.82, 2.24) is 14.7 Å². The highest BCUT2D eigenvalue weighted by Crippen LogP contribution is 2.14. The van der Waals surface area contributed by atoms with Crippen LogP contribution in [-0.2, 0) is 6.54 Å². The van der Waals surface area contributed by atoms with E-state index in [0.29, 0.717) is 11.6 Å². The van der Waals surface area contributed by atoms with Crippen LogP contribution in [0.4, 0.5) is 0 Å². The fourth-order valence-electron chi connectivity index (χ4n) is 2.00. The first-order valence-electron chi connectivity index (χ1n) is 6.12. The number of furan rings is 1. The second-order valence-electron chi connectivity index (χ2n) is 4.46. The third-order valence-corrected chi connectivity index (χ3v) is 3.25. The maximum absolute atomic E-state index is 5.95. The van der Waals surface area contributed by atoms with Gasteiger partial charge in [0.05, 0.1) is 23.0 Å². The second-order valence-corrected chi connectivity index (χ2v) is 4.90. The van der Waals surface area contributed by atoms with Crippen LogP contribution in [0.5, 0.6) is 0 Å². The zero-order chi connectivity index (χ0) is 13.2. The van der Waals surface area contributed by atoms with Gasteiger partial charge in [-0.3, -0.25) is 0 Å². The van der Waals surface area contributed by atoms with E-state index in [2.05, 4.69) is 17.2 Å². The van der Waals surface area contributed by atoms with E-state index in [-0.39, 0.29) is 6.04 Å². The monoisotopic (exact) mass is 275 g/mol. The molecule has 0 aliphatic rings. The number of hydrogen-bond donors (Lipinski definition) is 1. The molecule has 1 N–H and O–H groups in total. The molecule has 0 fully saturated rings. The number of nitrogens with zero attached hydrogens (tertiary/aromatic N) is 2. The molecule has 3 heterocycles. The van der Waals surface area contributed by atoms with Gasteiger partial charge in [0.15, 0.2) is 0 Å². The van der Waals surface area contributed by atoms with E-state index in [9.17, 15) is 0 Å². The normalized spacial score (nSPS) is 12.9. The van der Waals surface area contributed by atoms with Gasteiger partial charge in [-0.2, -0.15) is 0 Å². The fraction of sp³-hybridized carbons (Fsp3) is 0.214. The Bertz CT molecular complexity index is 675. The molecule has 4 nitrogen and oxygen atoms in total. The zero-order valence-corrected chi connectivity index (χ0v) is 11.3. The van der Waals surface area contributed by atoms with Crippen LogP contribution in [0.25, 0.3) is 5.65 Å². The lowest BCUT2D eigenvalue weighted by molar-refractivity contribution is 0.429. The van der Waals surface area contributed by atoms with Gasteiger partial charge in [0.1, 0.15) is 11.4 Å². The van der Waals surface area contributed by atoms with Crippen LogP contribution in [0, 0.1) is 0 Å². The highest BCUT2D eigenvalue weighted by atomic mass is 35.5. The van der Waals surface area contributed by atoms with Crippen LogP contribution >= 0.6 is 11.6 Å². The average Bonchev–Trinajstić information content (AvgIpc) is 3.04. The van der Waals surface area contributed by atoms with Crippen LogP contribution in [0.2, 0.25) is 5.02 Å². The summed E-state index contributed by atoms with van der Waals surface area (Å²) in [5.41, 5.74) is 1.87. The van der Waals surface area contributed by atoms with E-state index in [4.69, 9.17) is 16.0 Å². The van der Waals surface area contributed by atoms with Crippen LogP contribution < -0.4 is 5.32 Å². The van der Waals surface area contributed by atoms with Gasteiger partial charge < -0.3 is 14.1 Å². The summed E-state index contributed by atoms with van der Waals surface area (Å²) >= 11 is 5.95. The number of hydrogen-bond acceptors (Lipinski definition) is 3. The van der Waals surface area contributed by atoms with Crippen molar-refractivity contribution in [1.29, 1.82) is 0 Å². The summed E-state index contributed by atoms with van der Waals surface area (Å²) in [4.78, 5) is 4.52. The number of halogens is 1. The molecule has 0 saturated heterocycles. The van der Waals surface area contributed by atoms with Crippen molar-refractivity contribution in [2.75, 3.05) is 0 Å². The van der Waals surface area contributed by atoms with Gasteiger partial charge >= 0.3 is 0 Å². The minimum Gasteiger partial charge on any atom is -0.468 e. The van der Waals surface area contributed by atoms with Gasteiger partial charge in [-0.05, 0) is 31.2 Å². The second kappa shape index (κ2) is 5.07. The lowest BCUT2D eigenvalue weighted by Crippen LogP contribution is -2.17. The lowest BCUT2D eigenvalue weighted by atomic mass is 10.2. The van der Waals surface area contributed by atoms with Crippen LogP contribution in [0.15, 0.2) is 47.3 Å². The van der Waals surface area contributed by atoms with Crippen molar-refractivity contribution in [2.24, 2.45) is 0 Å². The number of pyridine rings is 1. The molecule has 0 unspecified atom stereocenters. The Labute approximate surface area is 116 Å². The molecule has 3 rings (SSSR count). The molecule has 19 heavy (non-hydrogen) atoms. The molecule has 0 radical (unpaired) electrons. The summed E-state index contributed by atoms with van der Waals surface area (Å²) in [6, 6.07) is 7.75. The fourth-order valence-corrected chi connectivity index (χ4v) is 2.17. The van der Waals surface area contributed by atoms with Crippen molar-refractivity contribution in [3.05, 3.63) is 59.4 Å². The van der Waals surface area contributed by atoms with Gasteiger partial charge in [0, 0.05) is 18.9 Å². The Kier molecular flexibility index (Phi) is 3.27. The van der Waals surface area contributed by atoms with E-state index in [1.807, 2.05) is 41.1 Å². The summed E-state index contributed by atoms with van der Waals surface area (Å²) in [6.45, 7) is 2.74. The Balaban J connectivity index is 1.71. The van der Waals surface area contributed by atoms with E-state index < -0.39 is 0 Å². The van der Waals surface area contributed by atoms with Crippen LogP contribution in [0.1, 0.15) is 24.4 Å². The van der Waals surface area contributed by atoms with Crippen molar-refractivity contribution in [3.63, 3.8) is 0 Å². The molecule has 0 bridgehead atoms. The smallest absolute Gasteiger partial charge is 0.137 e. The Morgan fingerprint density at radius 3 is 3.05 bits per heavy atom. The SMILES string of the molecule is C[C@@H](NCc1cn2cc(Cl)ccc2n1)c1ccco1. The topological polar surface area (TPSA) is 42.5 Å². The first kappa shape index (κ1) is 12.3. The third kappa shape index (κ3) is 2.64. The summed E-state index contributed by atoms with van der Waals surface area (Å²) in [6.07, 6.45) is 5.51. The molecule has 1 atom stereocenters. The molecule has 0 spiro atoms. The predicted molar refractivity (Wildman–Crippen MR) is 74.2 cm³/mol. The minimum atomic E-state index is 0.156. The maximum atomic E-state index is 5.95. The van der Waals surface area contributed by atoms with Crippen LogP contribution in [0.3, 0.4) is 0 Å². The Hall–Kier alpha value is -1.78. The summed E-state index contributed by atoms with van der Waals surface area (Å²) in [5.74, 6) is 0.923. The van der Waals surface area contributed by atoms with Crippen molar-refractivity contribution in [2.45, 2.75) is 19.5 Å². The molecule has 98 valence electrons. The Morgan fingerprint density at radius 1 is 1.37 bits per heavy atom. The quantitative estimate of drug-likeness (QED) is 0.793. The number of imidazole rings is 1. The number of nitrogens with one attached hydrogen (secondary N) is 1. The highest BCUT2D eigenvalue weighted by molar-refractivity contribution is 6.30. The summed E-state index contributed by atoms with van der Waals surface area (Å²) in [7, 11) is 0. The molecule has 0 aliphatic carbocycles. The van der Waals surface area contributed by atoms with Crippen LogP contribution in [-0.4, -0.2) is 9.38 Å². The average molecular weight is 276 g/mol. The maximum Gasteiger partial charge on any atom is 0.137 e. The molecular formula is C14H14ClN3O. The number of fused-ring (bicyclic) bond motifs is 1. The van der Waals surface area contributed by atoms with Gasteiger partial charge in [-0.1, -0.05) is 11.6 Å². The van der Waals surface area contributed by atoms with Crippen molar-refractivity contribution >= 4 is 17.2 Å². The third-order valence-electron chi connectivity index (χ3n) is 3.02. The predicted octanol–water partition coefficient (Wildman–Crippen LogP) is 3.43. The molecule has 3 aromatic heterocycles. The lowest BCUT2D eigenvalue weighted by Gasteiger charge is -2.09. The van der Waals surface area contributed by atoms with E-state index in [1.54, 1.807) is 6.26 Å².